The van der Waals surface area contributed by atoms with Crippen LogP contribution in [-0.2, 0) is 11.8 Å². The molecule has 3 aromatic carbocycles. The summed E-state index contributed by atoms with van der Waals surface area (Å²) in [6.07, 6.45) is 3.01. The fourth-order valence-electron chi connectivity index (χ4n) is 3.28. The third kappa shape index (κ3) is 5.19. The van der Waals surface area contributed by atoms with Gasteiger partial charge in [0.2, 0.25) is 0 Å². The van der Waals surface area contributed by atoms with Crippen LogP contribution in [0.15, 0.2) is 72.8 Å². The highest BCUT2D eigenvalue weighted by molar-refractivity contribution is 5.34. The third-order valence-corrected chi connectivity index (χ3v) is 5.10. The van der Waals surface area contributed by atoms with Crippen molar-refractivity contribution >= 4 is 0 Å². The van der Waals surface area contributed by atoms with Gasteiger partial charge in [-0.1, -0.05) is 56.3 Å². The zero-order valence-electron chi connectivity index (χ0n) is 16.3. The number of aryl methyl sites for hydroxylation is 2. The molecule has 3 rings (SSSR count). The van der Waals surface area contributed by atoms with E-state index in [4.69, 9.17) is 4.74 Å². The van der Waals surface area contributed by atoms with Crippen molar-refractivity contribution in [2.24, 2.45) is 0 Å². The summed E-state index contributed by atoms with van der Waals surface area (Å²) in [5.41, 5.74) is 2.97. The topological polar surface area (TPSA) is 9.23 Å². The Balaban J connectivity index is 1.59. The lowest BCUT2D eigenvalue weighted by Gasteiger charge is -2.25. The quantitative estimate of drug-likeness (QED) is 0.431. The molecule has 27 heavy (non-hydrogen) atoms. The van der Waals surface area contributed by atoms with Gasteiger partial charge in [0.1, 0.15) is 17.3 Å². The Kier molecular flexibility index (Phi) is 5.95. The van der Waals surface area contributed by atoms with Gasteiger partial charge < -0.3 is 4.74 Å². The van der Waals surface area contributed by atoms with Crippen molar-refractivity contribution in [2.75, 3.05) is 0 Å². The van der Waals surface area contributed by atoms with E-state index in [1.165, 1.54) is 5.56 Å². The maximum Gasteiger partial charge on any atom is 0.127 e. The summed E-state index contributed by atoms with van der Waals surface area (Å²) in [6, 6.07) is 23.7. The first kappa shape index (κ1) is 19.2. The van der Waals surface area contributed by atoms with Gasteiger partial charge in [0.05, 0.1) is 0 Å². The molecule has 3 aromatic rings. The lowest BCUT2D eigenvalue weighted by Crippen LogP contribution is -2.17. The van der Waals surface area contributed by atoms with E-state index in [1.54, 1.807) is 13.0 Å². The molecule has 1 nitrogen and oxygen atoms in total. The molecule has 0 heterocycles. The van der Waals surface area contributed by atoms with Crippen molar-refractivity contribution in [3.63, 3.8) is 0 Å². The Morgan fingerprint density at radius 2 is 1.59 bits per heavy atom. The molecular weight excluding hydrogens is 335 g/mol. The summed E-state index contributed by atoms with van der Waals surface area (Å²) in [5.74, 6) is 1.59. The number of halogens is 1. The fourth-order valence-corrected chi connectivity index (χ4v) is 3.28. The molecule has 0 aliphatic carbocycles. The van der Waals surface area contributed by atoms with E-state index in [0.29, 0.717) is 5.56 Å². The maximum atomic E-state index is 13.9. The molecule has 0 aliphatic heterocycles. The molecule has 0 radical (unpaired) electrons. The van der Waals surface area contributed by atoms with Crippen LogP contribution in [0.5, 0.6) is 11.5 Å². The monoisotopic (exact) mass is 362 g/mol. The highest BCUT2D eigenvalue weighted by Crippen LogP contribution is 2.30. The minimum absolute atomic E-state index is 0.0489. The molecule has 2 heteroatoms. The average molecular weight is 362 g/mol. The van der Waals surface area contributed by atoms with Crippen LogP contribution in [-0.4, -0.2) is 0 Å². The van der Waals surface area contributed by atoms with E-state index >= 15 is 0 Å². The van der Waals surface area contributed by atoms with Crippen molar-refractivity contribution in [2.45, 2.75) is 45.4 Å². The summed E-state index contributed by atoms with van der Waals surface area (Å²) in [6.45, 7) is 6.18. The van der Waals surface area contributed by atoms with Gasteiger partial charge in [0.15, 0.2) is 0 Å². The molecule has 0 aliphatic rings. The lowest BCUT2D eigenvalue weighted by atomic mass is 9.79. The Labute approximate surface area is 161 Å². The van der Waals surface area contributed by atoms with Crippen molar-refractivity contribution in [1.29, 1.82) is 0 Å². The van der Waals surface area contributed by atoms with Crippen LogP contribution >= 0.6 is 0 Å². The Hall–Kier alpha value is -2.61. The van der Waals surface area contributed by atoms with Crippen molar-refractivity contribution in [3.05, 3.63) is 95.3 Å². The highest BCUT2D eigenvalue weighted by atomic mass is 19.1. The number of benzene rings is 3. The Morgan fingerprint density at radius 3 is 2.33 bits per heavy atom. The summed E-state index contributed by atoms with van der Waals surface area (Å²) in [5, 5.41) is 0. The first-order chi connectivity index (χ1) is 12.9. The second-order valence-electron chi connectivity index (χ2n) is 7.76. The normalized spacial score (nSPS) is 11.4. The molecule has 0 amide bonds. The number of ether oxygens (including phenoxy) is 1. The second-order valence-corrected chi connectivity index (χ2v) is 7.76. The molecule has 0 bridgehead atoms. The van der Waals surface area contributed by atoms with Gasteiger partial charge >= 0.3 is 0 Å². The molecule has 0 aromatic heterocycles. The molecule has 0 atom stereocenters. The largest absolute Gasteiger partial charge is 0.457 e. The van der Waals surface area contributed by atoms with Gasteiger partial charge in [-0.3, -0.25) is 0 Å². The smallest absolute Gasteiger partial charge is 0.127 e. The van der Waals surface area contributed by atoms with Gasteiger partial charge in [-0.25, -0.2) is 4.39 Å². The highest BCUT2D eigenvalue weighted by Gasteiger charge is 2.21. The third-order valence-electron chi connectivity index (χ3n) is 5.10. The van der Waals surface area contributed by atoms with E-state index in [9.17, 15) is 4.39 Å². The first-order valence-corrected chi connectivity index (χ1v) is 9.52. The molecule has 0 fully saturated rings. The van der Waals surface area contributed by atoms with E-state index < -0.39 is 0 Å². The number of rotatable bonds is 7. The first-order valence-electron chi connectivity index (χ1n) is 9.52. The van der Waals surface area contributed by atoms with Crippen LogP contribution in [0.25, 0.3) is 0 Å². The zero-order valence-corrected chi connectivity index (χ0v) is 16.3. The molecule has 0 saturated carbocycles. The van der Waals surface area contributed by atoms with E-state index in [1.807, 2.05) is 54.6 Å². The zero-order chi connectivity index (χ0) is 19.3. The van der Waals surface area contributed by atoms with Crippen LogP contribution in [0, 0.1) is 12.7 Å². The Morgan fingerprint density at radius 1 is 0.852 bits per heavy atom. The van der Waals surface area contributed by atoms with Crippen molar-refractivity contribution in [3.8, 4) is 11.5 Å². The van der Waals surface area contributed by atoms with E-state index in [2.05, 4.69) is 26.0 Å². The van der Waals surface area contributed by atoms with Gasteiger partial charge in [0, 0.05) is 0 Å². The van der Waals surface area contributed by atoms with Crippen LogP contribution in [0.1, 0.15) is 43.4 Å². The molecule has 140 valence electrons. The molecule has 0 unspecified atom stereocenters. The van der Waals surface area contributed by atoms with Crippen LogP contribution < -0.4 is 4.74 Å². The molecule has 0 spiro atoms. The predicted molar refractivity (Wildman–Crippen MR) is 110 cm³/mol. The minimum Gasteiger partial charge on any atom is -0.457 e. The fraction of sp³-hybridized carbons (Fsp3) is 0.280. The van der Waals surface area contributed by atoms with E-state index in [0.717, 1.165) is 36.3 Å². The molecule has 0 saturated heterocycles. The summed E-state index contributed by atoms with van der Waals surface area (Å²) in [7, 11) is 0. The second kappa shape index (κ2) is 8.39. The number of para-hydroxylation sites is 1. The van der Waals surface area contributed by atoms with Gasteiger partial charge in [0.25, 0.3) is 0 Å². The summed E-state index contributed by atoms with van der Waals surface area (Å²) < 4.78 is 19.8. The van der Waals surface area contributed by atoms with Gasteiger partial charge in [-0.15, -0.1) is 0 Å². The molecular formula is C25H27FO. The van der Waals surface area contributed by atoms with Crippen LogP contribution in [0.2, 0.25) is 0 Å². The van der Waals surface area contributed by atoms with Gasteiger partial charge in [-0.05, 0) is 78.6 Å². The Bertz CT molecular complexity index is 884. The average Bonchev–Trinajstić information content (AvgIpc) is 2.65. The van der Waals surface area contributed by atoms with Crippen LogP contribution in [0.3, 0.4) is 0 Å². The van der Waals surface area contributed by atoms with E-state index in [-0.39, 0.29) is 11.2 Å². The lowest BCUT2D eigenvalue weighted by molar-refractivity contribution is 0.456. The SMILES string of the molecule is Cc1ccc(C(C)(C)CCCc2cccc(Oc3ccccc3)c2)cc1F. The standard InChI is InChI=1S/C25H27FO/c1-19-14-15-21(18-24(19)26)25(2,3)16-8-10-20-9-7-13-23(17-20)27-22-11-5-4-6-12-22/h4-7,9,11-15,17-18H,8,10,16H2,1-3H3. The minimum atomic E-state index is -0.119. The summed E-state index contributed by atoms with van der Waals surface area (Å²) in [4.78, 5) is 0. The predicted octanol–water partition coefficient (Wildman–Crippen LogP) is 7.23. The summed E-state index contributed by atoms with van der Waals surface area (Å²) >= 11 is 0. The van der Waals surface area contributed by atoms with Crippen molar-refractivity contribution in [1.82, 2.24) is 0 Å². The van der Waals surface area contributed by atoms with Crippen molar-refractivity contribution < 1.29 is 9.13 Å². The van der Waals surface area contributed by atoms with Crippen LogP contribution in [0.4, 0.5) is 4.39 Å². The molecule has 0 N–H and O–H groups in total. The number of hydrogen-bond acceptors (Lipinski definition) is 1. The van der Waals surface area contributed by atoms with Gasteiger partial charge in [-0.2, -0.15) is 0 Å². The maximum absolute atomic E-state index is 13.9. The number of hydrogen-bond donors (Lipinski definition) is 0.